The second-order valence-electron chi connectivity index (χ2n) is 3.89. The number of nitrogens with one attached hydrogen (secondary N) is 1. The van der Waals surface area contributed by atoms with Crippen LogP contribution in [0.25, 0.3) is 0 Å². The predicted molar refractivity (Wildman–Crippen MR) is 69.1 cm³/mol. The van der Waals surface area contributed by atoms with Gasteiger partial charge < -0.3 is 5.32 Å². The second-order valence-corrected chi connectivity index (χ2v) is 5.04. The average Bonchev–Trinajstić information content (AvgIpc) is 2.13. The highest BCUT2D eigenvalue weighted by Gasteiger charge is 2.07. The van der Waals surface area contributed by atoms with Crippen LogP contribution in [0.2, 0.25) is 0 Å². The van der Waals surface area contributed by atoms with Crippen molar-refractivity contribution in [3.8, 4) is 0 Å². The molecule has 0 aliphatic rings. The van der Waals surface area contributed by atoms with Crippen LogP contribution in [0.1, 0.15) is 40.0 Å². The van der Waals surface area contributed by atoms with Crippen molar-refractivity contribution >= 4 is 11.8 Å². The summed E-state index contributed by atoms with van der Waals surface area (Å²) in [6.45, 7) is 11.7. The first-order chi connectivity index (χ1) is 6.70. The van der Waals surface area contributed by atoms with Crippen molar-refractivity contribution in [2.75, 3.05) is 18.1 Å². The van der Waals surface area contributed by atoms with Gasteiger partial charge in [0.15, 0.2) is 0 Å². The summed E-state index contributed by atoms with van der Waals surface area (Å²) in [7, 11) is 0. The van der Waals surface area contributed by atoms with Gasteiger partial charge in [-0.1, -0.05) is 19.4 Å². The lowest BCUT2D eigenvalue weighted by molar-refractivity contribution is 0.549. The minimum atomic E-state index is 0.629. The third kappa shape index (κ3) is 8.64. The van der Waals surface area contributed by atoms with E-state index in [2.05, 4.69) is 44.4 Å². The summed E-state index contributed by atoms with van der Waals surface area (Å²) in [6.07, 6.45) is 3.61. The molecule has 0 aromatic rings. The van der Waals surface area contributed by atoms with Gasteiger partial charge in [0.25, 0.3) is 0 Å². The van der Waals surface area contributed by atoms with Gasteiger partial charge in [0.05, 0.1) is 0 Å². The summed E-state index contributed by atoms with van der Waals surface area (Å²) in [4.78, 5) is 0. The summed E-state index contributed by atoms with van der Waals surface area (Å²) in [5, 5.41) is 3.58. The lowest BCUT2D eigenvalue weighted by Crippen LogP contribution is -2.32. The van der Waals surface area contributed by atoms with Crippen molar-refractivity contribution in [1.82, 2.24) is 5.32 Å². The highest BCUT2D eigenvalue weighted by molar-refractivity contribution is 7.99. The molecule has 14 heavy (non-hydrogen) atoms. The molecule has 0 heterocycles. The molecule has 1 atom stereocenters. The van der Waals surface area contributed by atoms with Crippen molar-refractivity contribution in [2.24, 2.45) is 0 Å². The molecule has 0 spiro atoms. The van der Waals surface area contributed by atoms with Crippen molar-refractivity contribution in [2.45, 2.75) is 46.1 Å². The third-order valence-electron chi connectivity index (χ3n) is 1.95. The Bertz CT molecular complexity index is 145. The fraction of sp³-hybridized carbons (Fsp3) is 0.833. The van der Waals surface area contributed by atoms with Crippen molar-refractivity contribution in [3.05, 3.63) is 12.2 Å². The van der Waals surface area contributed by atoms with Gasteiger partial charge >= 0.3 is 0 Å². The highest BCUT2D eigenvalue weighted by Crippen LogP contribution is 2.10. The van der Waals surface area contributed by atoms with Crippen LogP contribution in [0.5, 0.6) is 0 Å². The maximum absolute atomic E-state index is 3.98. The average molecular weight is 215 g/mol. The van der Waals surface area contributed by atoms with Crippen LogP contribution in [-0.4, -0.2) is 24.1 Å². The van der Waals surface area contributed by atoms with E-state index in [1.54, 1.807) is 0 Å². The first-order valence-corrected chi connectivity index (χ1v) is 6.81. The number of rotatable bonds is 9. The molecule has 0 fully saturated rings. The van der Waals surface area contributed by atoms with E-state index in [1.165, 1.54) is 29.9 Å². The van der Waals surface area contributed by atoms with Crippen LogP contribution >= 0.6 is 11.8 Å². The monoisotopic (exact) mass is 215 g/mol. The summed E-state index contributed by atoms with van der Waals surface area (Å²) >= 11 is 2.05. The van der Waals surface area contributed by atoms with Gasteiger partial charge in [0.2, 0.25) is 0 Å². The third-order valence-corrected chi connectivity index (χ3v) is 3.28. The Kier molecular flexibility index (Phi) is 9.63. The largest absolute Gasteiger partial charge is 0.313 e. The number of hydrogen-bond donors (Lipinski definition) is 1. The van der Waals surface area contributed by atoms with Crippen LogP contribution in [0.4, 0.5) is 0 Å². The summed E-state index contributed by atoms with van der Waals surface area (Å²) in [6, 6.07) is 0.629. The molecular formula is C12H25NS. The van der Waals surface area contributed by atoms with E-state index in [1.807, 2.05) is 0 Å². The van der Waals surface area contributed by atoms with E-state index >= 15 is 0 Å². The summed E-state index contributed by atoms with van der Waals surface area (Å²) in [5.74, 6) is 2.50. The van der Waals surface area contributed by atoms with Gasteiger partial charge in [-0.05, 0) is 38.5 Å². The molecule has 0 aromatic carbocycles. The van der Waals surface area contributed by atoms with Gasteiger partial charge in [-0.3, -0.25) is 0 Å². The molecule has 84 valence electrons. The Morgan fingerprint density at radius 3 is 2.57 bits per heavy atom. The van der Waals surface area contributed by atoms with Crippen LogP contribution in [0.3, 0.4) is 0 Å². The minimum absolute atomic E-state index is 0.629. The predicted octanol–water partition coefficient (Wildman–Crippen LogP) is 3.46. The van der Waals surface area contributed by atoms with Gasteiger partial charge in [0, 0.05) is 11.8 Å². The molecule has 0 bridgehead atoms. The molecule has 0 aromatic heterocycles. The standard InChI is InChI=1S/C12H25NS/c1-5-7-13-12(9-11(3)4)10-14-8-6-2/h12-13H,3,5-10H2,1-2,4H3. The highest BCUT2D eigenvalue weighted by atomic mass is 32.2. The summed E-state index contributed by atoms with van der Waals surface area (Å²) < 4.78 is 0. The normalized spacial score (nSPS) is 12.8. The van der Waals surface area contributed by atoms with E-state index in [0.29, 0.717) is 6.04 Å². The molecule has 1 N–H and O–H groups in total. The molecule has 0 aliphatic heterocycles. The van der Waals surface area contributed by atoms with Gasteiger partial charge in [-0.2, -0.15) is 11.8 Å². The fourth-order valence-corrected chi connectivity index (χ4v) is 2.30. The van der Waals surface area contributed by atoms with Gasteiger partial charge in [0.1, 0.15) is 0 Å². The van der Waals surface area contributed by atoms with Crippen LogP contribution in [0, 0.1) is 0 Å². The van der Waals surface area contributed by atoms with E-state index in [0.717, 1.165) is 13.0 Å². The fourth-order valence-electron chi connectivity index (χ4n) is 1.33. The molecule has 0 aliphatic carbocycles. The molecule has 2 heteroatoms. The SMILES string of the molecule is C=C(C)CC(CSCCC)NCCC. The van der Waals surface area contributed by atoms with E-state index in [4.69, 9.17) is 0 Å². The van der Waals surface area contributed by atoms with Crippen LogP contribution < -0.4 is 5.32 Å². The summed E-state index contributed by atoms with van der Waals surface area (Å²) in [5.41, 5.74) is 1.29. The Balaban J connectivity index is 3.66. The van der Waals surface area contributed by atoms with Crippen molar-refractivity contribution in [3.63, 3.8) is 0 Å². The lowest BCUT2D eigenvalue weighted by Gasteiger charge is -2.18. The zero-order valence-electron chi connectivity index (χ0n) is 9.94. The van der Waals surface area contributed by atoms with E-state index < -0.39 is 0 Å². The molecule has 0 rings (SSSR count). The molecule has 0 radical (unpaired) electrons. The van der Waals surface area contributed by atoms with E-state index in [9.17, 15) is 0 Å². The number of hydrogen-bond acceptors (Lipinski definition) is 2. The Morgan fingerprint density at radius 1 is 1.36 bits per heavy atom. The van der Waals surface area contributed by atoms with Crippen molar-refractivity contribution in [1.29, 1.82) is 0 Å². The molecule has 0 saturated carbocycles. The molecule has 0 saturated heterocycles. The van der Waals surface area contributed by atoms with Crippen LogP contribution in [-0.2, 0) is 0 Å². The van der Waals surface area contributed by atoms with Crippen LogP contribution in [0.15, 0.2) is 12.2 Å². The quantitative estimate of drug-likeness (QED) is 0.467. The zero-order valence-corrected chi connectivity index (χ0v) is 10.8. The number of thioether (sulfide) groups is 1. The van der Waals surface area contributed by atoms with Gasteiger partial charge in [-0.15, -0.1) is 6.58 Å². The van der Waals surface area contributed by atoms with Gasteiger partial charge in [-0.25, -0.2) is 0 Å². The molecular weight excluding hydrogens is 190 g/mol. The maximum Gasteiger partial charge on any atom is 0.0195 e. The molecule has 1 nitrogen and oxygen atoms in total. The van der Waals surface area contributed by atoms with Crippen molar-refractivity contribution < 1.29 is 0 Å². The topological polar surface area (TPSA) is 12.0 Å². The first kappa shape index (κ1) is 14.1. The maximum atomic E-state index is 3.98. The Morgan fingerprint density at radius 2 is 2.07 bits per heavy atom. The molecule has 0 amide bonds. The minimum Gasteiger partial charge on any atom is -0.313 e. The molecule has 1 unspecified atom stereocenters. The van der Waals surface area contributed by atoms with E-state index in [-0.39, 0.29) is 0 Å². The lowest BCUT2D eigenvalue weighted by atomic mass is 10.1. The smallest absolute Gasteiger partial charge is 0.0195 e. The Labute approximate surface area is 93.7 Å². The first-order valence-electron chi connectivity index (χ1n) is 5.66. The second kappa shape index (κ2) is 9.60. The zero-order chi connectivity index (χ0) is 10.8. The Hall–Kier alpha value is 0.0500.